The van der Waals surface area contributed by atoms with Gasteiger partial charge in [-0.3, -0.25) is 0 Å². The summed E-state index contributed by atoms with van der Waals surface area (Å²) in [5, 5.41) is 12.9. The fraction of sp³-hybridized carbons (Fsp3) is 0.360. The monoisotopic (exact) mass is 573 g/mol. The molecule has 1 aromatic heterocycles. The third-order valence-electron chi connectivity index (χ3n) is 6.92. The Hall–Kier alpha value is -3.55. The smallest absolute Gasteiger partial charge is 0.417 e. The largest absolute Gasteiger partial charge is 0.480 e. The molecule has 0 radical (unpaired) electrons. The van der Waals surface area contributed by atoms with Crippen molar-refractivity contribution in [3.05, 3.63) is 71.4 Å². The van der Waals surface area contributed by atoms with Crippen molar-refractivity contribution in [2.24, 2.45) is 0 Å². The molecular weight excluding hydrogens is 552 g/mol. The van der Waals surface area contributed by atoms with Crippen LogP contribution in [0.4, 0.5) is 32.2 Å². The van der Waals surface area contributed by atoms with E-state index in [2.05, 4.69) is 5.10 Å². The molecule has 2 aliphatic rings. The highest BCUT2D eigenvalue weighted by atomic mass is 32.2. The lowest BCUT2D eigenvalue weighted by molar-refractivity contribution is -0.140. The van der Waals surface area contributed by atoms with Crippen LogP contribution in [0.2, 0.25) is 0 Å². The summed E-state index contributed by atoms with van der Waals surface area (Å²) in [4.78, 5) is 12.5. The van der Waals surface area contributed by atoms with Crippen LogP contribution in [0, 0.1) is 0 Å². The van der Waals surface area contributed by atoms with Gasteiger partial charge in [0.2, 0.25) is 0 Å². The highest BCUT2D eigenvalue weighted by molar-refractivity contribution is 7.92. The Morgan fingerprint density at radius 2 is 1.59 bits per heavy atom. The van der Waals surface area contributed by atoms with E-state index in [1.165, 1.54) is 9.58 Å². The predicted octanol–water partition coefficient (Wildman–Crippen LogP) is 5.29. The van der Waals surface area contributed by atoms with Gasteiger partial charge in [0.25, 0.3) is 0 Å². The molecule has 7 nitrogen and oxygen atoms in total. The topological polar surface area (TPSA) is 92.5 Å². The van der Waals surface area contributed by atoms with E-state index in [0.717, 1.165) is 55.3 Å². The van der Waals surface area contributed by atoms with Crippen LogP contribution in [-0.4, -0.2) is 47.1 Å². The second kappa shape index (κ2) is 9.28. The number of carboxylic acids is 1. The Morgan fingerprint density at radius 1 is 0.949 bits per heavy atom. The first kappa shape index (κ1) is 27.0. The first-order valence-electron chi connectivity index (χ1n) is 11.8. The molecule has 0 spiro atoms. The third kappa shape index (κ3) is 5.09. The summed E-state index contributed by atoms with van der Waals surface area (Å²) in [5.41, 5.74) is -1.51. The van der Waals surface area contributed by atoms with Gasteiger partial charge in [-0.2, -0.15) is 31.4 Å². The van der Waals surface area contributed by atoms with Gasteiger partial charge in [0, 0.05) is 18.5 Å². The van der Waals surface area contributed by atoms with Crippen LogP contribution < -0.4 is 4.90 Å². The number of benzene rings is 2. The number of anilines is 1. The van der Waals surface area contributed by atoms with Gasteiger partial charge in [0.15, 0.2) is 9.84 Å². The van der Waals surface area contributed by atoms with Crippen molar-refractivity contribution in [2.45, 2.75) is 53.7 Å². The Balaban J connectivity index is 1.56. The van der Waals surface area contributed by atoms with Gasteiger partial charge in [0.1, 0.15) is 11.9 Å². The molecule has 1 aliphatic carbocycles. The summed E-state index contributed by atoms with van der Waals surface area (Å²) >= 11 is 0. The van der Waals surface area contributed by atoms with E-state index in [4.69, 9.17) is 0 Å². The standard InChI is InChI=1S/C25H21F6N3O4S/c26-24(27,28)15-7-9-16(10-8-15)34-22(12-19(32-34)14-5-6-14)33-13-17(11-20(33)23(35)36)39(37,38)21-4-2-1-3-18(21)25(29,30)31/h1-4,7-10,12,14,17,20H,5-6,11,13H2,(H,35,36). The third-order valence-corrected chi connectivity index (χ3v) is 9.11. The number of hydrogen-bond donors (Lipinski definition) is 1. The fourth-order valence-corrected chi connectivity index (χ4v) is 6.70. The van der Waals surface area contributed by atoms with E-state index in [1.54, 1.807) is 6.07 Å². The molecular formula is C25H21F6N3O4S. The average Bonchev–Trinajstić information content (AvgIpc) is 3.45. The van der Waals surface area contributed by atoms with Gasteiger partial charge < -0.3 is 10.0 Å². The number of carboxylic acid groups (broad SMARTS) is 1. The molecule has 1 aliphatic heterocycles. The Bertz CT molecular complexity index is 1510. The zero-order valence-corrected chi connectivity index (χ0v) is 20.8. The summed E-state index contributed by atoms with van der Waals surface area (Å²) in [7, 11) is -4.64. The van der Waals surface area contributed by atoms with Crippen molar-refractivity contribution < 1.29 is 44.7 Å². The number of aromatic nitrogens is 2. The number of rotatable bonds is 6. The molecule has 0 bridgehead atoms. The predicted molar refractivity (Wildman–Crippen MR) is 126 cm³/mol. The van der Waals surface area contributed by atoms with Crippen LogP contribution in [0.25, 0.3) is 5.69 Å². The van der Waals surface area contributed by atoms with E-state index >= 15 is 0 Å². The van der Waals surface area contributed by atoms with Crippen molar-refractivity contribution in [3.63, 3.8) is 0 Å². The van der Waals surface area contributed by atoms with E-state index < -0.39 is 68.4 Å². The minimum atomic E-state index is -4.95. The zero-order chi connectivity index (χ0) is 28.3. The molecule has 2 heterocycles. The van der Waals surface area contributed by atoms with E-state index in [9.17, 15) is 44.7 Å². The highest BCUT2D eigenvalue weighted by Crippen LogP contribution is 2.43. The van der Waals surface area contributed by atoms with Gasteiger partial charge >= 0.3 is 18.3 Å². The van der Waals surface area contributed by atoms with Crippen LogP contribution in [0.1, 0.15) is 42.0 Å². The number of halogens is 6. The molecule has 1 saturated heterocycles. The normalized spacial score (nSPS) is 20.4. The number of alkyl halides is 6. The van der Waals surface area contributed by atoms with Gasteiger partial charge in [-0.25, -0.2) is 17.9 Å². The number of aliphatic carboxylic acids is 1. The first-order valence-corrected chi connectivity index (χ1v) is 13.4. The average molecular weight is 574 g/mol. The van der Waals surface area contributed by atoms with Crippen LogP contribution in [0.5, 0.6) is 0 Å². The minimum absolute atomic E-state index is 0.0588. The van der Waals surface area contributed by atoms with E-state index in [-0.39, 0.29) is 17.4 Å². The summed E-state index contributed by atoms with van der Waals surface area (Å²) in [5.74, 6) is -1.21. The summed E-state index contributed by atoms with van der Waals surface area (Å²) in [6, 6.07) is 7.85. The molecule has 1 saturated carbocycles. The van der Waals surface area contributed by atoms with E-state index in [1.807, 2.05) is 0 Å². The van der Waals surface area contributed by atoms with Crippen LogP contribution in [0.3, 0.4) is 0 Å². The van der Waals surface area contributed by atoms with Gasteiger partial charge in [-0.15, -0.1) is 0 Å². The molecule has 14 heteroatoms. The molecule has 2 fully saturated rings. The van der Waals surface area contributed by atoms with E-state index in [0.29, 0.717) is 11.8 Å². The highest BCUT2D eigenvalue weighted by Gasteiger charge is 2.47. The summed E-state index contributed by atoms with van der Waals surface area (Å²) in [6.45, 7) is -0.456. The Morgan fingerprint density at radius 3 is 2.15 bits per heavy atom. The second-order valence-electron chi connectivity index (χ2n) is 9.56. The maximum atomic E-state index is 13.6. The van der Waals surface area contributed by atoms with Crippen molar-refractivity contribution in [1.82, 2.24) is 9.78 Å². The molecule has 39 heavy (non-hydrogen) atoms. The van der Waals surface area contributed by atoms with Crippen molar-refractivity contribution in [2.75, 3.05) is 11.4 Å². The molecule has 0 amide bonds. The van der Waals surface area contributed by atoms with Crippen LogP contribution in [-0.2, 0) is 27.0 Å². The van der Waals surface area contributed by atoms with Crippen LogP contribution >= 0.6 is 0 Å². The summed E-state index contributed by atoms with van der Waals surface area (Å²) in [6.07, 6.45) is -8.42. The minimum Gasteiger partial charge on any atom is -0.480 e. The number of nitrogens with zero attached hydrogens (tertiary/aromatic N) is 3. The van der Waals surface area contributed by atoms with Crippen LogP contribution in [0.15, 0.2) is 59.5 Å². The summed E-state index contributed by atoms with van der Waals surface area (Å²) < 4.78 is 108. The lowest BCUT2D eigenvalue weighted by Gasteiger charge is -2.24. The maximum Gasteiger partial charge on any atom is 0.417 e. The molecule has 208 valence electrons. The van der Waals surface area contributed by atoms with Crippen molar-refractivity contribution in [3.8, 4) is 5.69 Å². The fourth-order valence-electron chi connectivity index (χ4n) is 4.79. The Labute approximate surface area is 218 Å². The van der Waals surface area contributed by atoms with Gasteiger partial charge in [0.05, 0.1) is 32.7 Å². The van der Waals surface area contributed by atoms with Gasteiger partial charge in [-0.05, 0) is 55.7 Å². The maximum absolute atomic E-state index is 13.6. The number of sulfone groups is 1. The zero-order valence-electron chi connectivity index (χ0n) is 19.9. The van der Waals surface area contributed by atoms with Crippen molar-refractivity contribution in [1.29, 1.82) is 0 Å². The molecule has 2 unspecified atom stereocenters. The SMILES string of the molecule is O=C(O)C1CC(S(=O)(=O)c2ccccc2C(F)(F)F)CN1c1cc(C2CC2)nn1-c1ccc(C(F)(F)F)cc1. The number of carbonyl (C=O) groups is 1. The first-order chi connectivity index (χ1) is 18.2. The lowest BCUT2D eigenvalue weighted by Crippen LogP contribution is -2.37. The Kier molecular flexibility index (Phi) is 6.43. The second-order valence-corrected chi connectivity index (χ2v) is 11.8. The lowest BCUT2D eigenvalue weighted by atomic mass is 10.2. The molecule has 2 atom stereocenters. The number of hydrogen-bond acceptors (Lipinski definition) is 5. The van der Waals surface area contributed by atoms with Gasteiger partial charge in [-0.1, -0.05) is 12.1 Å². The molecule has 5 rings (SSSR count). The quantitative estimate of drug-likeness (QED) is 0.403. The molecule has 3 aromatic rings. The molecule has 2 aromatic carbocycles. The molecule has 1 N–H and O–H groups in total. The van der Waals surface area contributed by atoms with Crippen molar-refractivity contribution >= 4 is 21.6 Å².